The Morgan fingerprint density at radius 1 is 0.542 bits per heavy atom. The van der Waals surface area contributed by atoms with Crippen molar-refractivity contribution in [2.75, 3.05) is 46.1 Å². The van der Waals surface area contributed by atoms with Crippen LogP contribution in [0.1, 0.15) is 232 Å². The first-order chi connectivity index (χ1) is 28.3. The zero-order valence-corrected chi connectivity index (χ0v) is 39.5. The normalized spacial score (nSPS) is 13.0. The van der Waals surface area contributed by atoms with Crippen molar-refractivity contribution in [2.24, 2.45) is 5.73 Å². The van der Waals surface area contributed by atoms with Gasteiger partial charge in [0.2, 0.25) is 0 Å². The number of halogens is 1. The standard InChI is InChI=1S/C48H98N4O6.ClH/c1-3-5-7-9-11-13-15-17-19-21-23-25-27-29-31-33-38-57-42-44(53)40-52(46(47(55)56)36-35-37-51-48(49)50)41-45(54)43-58-39-34-32-30-28-26-24-22-20-18-16-14-12-10-8-6-4-2;/h44-46,53-54H,3-43H2,1-2H3,(H,55,56)(H4,49,50,51);1H/t44?,45?,46-;/m0./s1. The van der Waals surface area contributed by atoms with Gasteiger partial charge in [0.15, 0.2) is 5.96 Å². The zero-order chi connectivity index (χ0) is 42.6. The molecule has 0 amide bonds. The van der Waals surface area contributed by atoms with Gasteiger partial charge in [-0.2, -0.15) is 0 Å². The van der Waals surface area contributed by atoms with E-state index in [1.54, 1.807) is 4.90 Å². The second-order valence-electron chi connectivity index (χ2n) is 17.4. The van der Waals surface area contributed by atoms with Gasteiger partial charge in [-0.05, 0) is 25.7 Å². The monoisotopic (exact) mass is 863 g/mol. The number of ether oxygens (including phenoxy) is 2. The van der Waals surface area contributed by atoms with Crippen LogP contribution < -0.4 is 11.1 Å². The average Bonchev–Trinajstić information content (AvgIpc) is 3.19. The molecule has 0 fully saturated rings. The van der Waals surface area contributed by atoms with Crippen LogP contribution >= 0.6 is 12.4 Å². The molecule has 0 saturated heterocycles. The molecule has 0 rings (SSSR count). The van der Waals surface area contributed by atoms with Crippen molar-refractivity contribution < 1.29 is 29.6 Å². The van der Waals surface area contributed by atoms with Gasteiger partial charge in [0, 0.05) is 32.8 Å². The van der Waals surface area contributed by atoms with Crippen LogP contribution in [0.15, 0.2) is 0 Å². The van der Waals surface area contributed by atoms with Crippen LogP contribution in [-0.4, -0.2) is 96.5 Å². The van der Waals surface area contributed by atoms with Gasteiger partial charge in [-0.15, -0.1) is 12.4 Å². The largest absolute Gasteiger partial charge is 0.480 e. The summed E-state index contributed by atoms with van der Waals surface area (Å²) in [7, 11) is 0. The maximum absolute atomic E-state index is 12.3. The highest BCUT2D eigenvalue weighted by Crippen LogP contribution is 2.16. The number of hydrogen-bond donors (Lipinski definition) is 6. The molecule has 59 heavy (non-hydrogen) atoms. The molecule has 0 aliphatic carbocycles. The average molecular weight is 864 g/mol. The summed E-state index contributed by atoms with van der Waals surface area (Å²) < 4.78 is 11.6. The van der Waals surface area contributed by atoms with Crippen LogP contribution in [0.2, 0.25) is 0 Å². The number of nitrogens with zero attached hydrogens (tertiary/aromatic N) is 1. The van der Waals surface area contributed by atoms with E-state index >= 15 is 0 Å². The van der Waals surface area contributed by atoms with Crippen LogP contribution in [-0.2, 0) is 14.3 Å². The summed E-state index contributed by atoms with van der Waals surface area (Å²) in [6.45, 7) is 6.47. The van der Waals surface area contributed by atoms with E-state index in [9.17, 15) is 20.1 Å². The number of nitrogens with two attached hydrogens (primary N) is 1. The third kappa shape index (κ3) is 44.7. The molecular formula is C48H99ClN4O6. The molecule has 0 aromatic carbocycles. The Balaban J connectivity index is 0. The van der Waals surface area contributed by atoms with Crippen molar-refractivity contribution in [1.29, 1.82) is 5.41 Å². The number of hydrogen-bond acceptors (Lipinski definition) is 7. The molecule has 10 nitrogen and oxygen atoms in total. The number of unbranched alkanes of at least 4 members (excludes halogenated alkanes) is 30. The summed E-state index contributed by atoms with van der Waals surface area (Å²) in [6, 6.07) is -0.904. The summed E-state index contributed by atoms with van der Waals surface area (Å²) in [5, 5.41) is 41.9. The van der Waals surface area contributed by atoms with E-state index in [1.165, 1.54) is 180 Å². The molecule has 0 bridgehead atoms. The highest BCUT2D eigenvalue weighted by atomic mass is 35.5. The van der Waals surface area contributed by atoms with Crippen molar-refractivity contribution in [1.82, 2.24) is 10.2 Å². The zero-order valence-electron chi connectivity index (χ0n) is 38.7. The summed E-state index contributed by atoms with van der Waals surface area (Å²) in [6.07, 6.45) is 41.1. The molecule has 7 N–H and O–H groups in total. The van der Waals surface area contributed by atoms with Gasteiger partial charge in [0.25, 0.3) is 0 Å². The number of rotatable bonds is 48. The Hall–Kier alpha value is -1.17. The second-order valence-corrected chi connectivity index (χ2v) is 17.4. The SMILES string of the molecule is CCCCCCCCCCCCCCCCCCOCC(O)CN(CC(O)COCCCCCCCCCCCCCCCCCC)[C@@H](CCCNC(=N)N)C(=O)O.Cl. The third-order valence-electron chi connectivity index (χ3n) is 11.5. The van der Waals surface area contributed by atoms with Crippen molar-refractivity contribution in [3.8, 4) is 0 Å². The Bertz CT molecular complexity index is 827. The molecule has 354 valence electrons. The van der Waals surface area contributed by atoms with Gasteiger partial charge in [-0.1, -0.05) is 206 Å². The van der Waals surface area contributed by atoms with Crippen LogP contribution in [0.25, 0.3) is 0 Å². The molecule has 0 aliphatic heterocycles. The van der Waals surface area contributed by atoms with E-state index in [-0.39, 0.29) is 51.1 Å². The maximum Gasteiger partial charge on any atom is 0.320 e. The molecule has 0 radical (unpaired) electrons. The summed E-state index contributed by atoms with van der Waals surface area (Å²) in [4.78, 5) is 14.0. The fourth-order valence-corrected chi connectivity index (χ4v) is 7.90. The molecule has 0 aliphatic rings. The minimum absolute atomic E-state index is 0. The molecule has 11 heteroatoms. The van der Waals surface area contributed by atoms with Gasteiger partial charge in [-0.3, -0.25) is 15.1 Å². The number of aliphatic carboxylic acids is 1. The number of carboxylic acid groups (broad SMARTS) is 1. The lowest BCUT2D eigenvalue weighted by Gasteiger charge is -2.32. The van der Waals surface area contributed by atoms with Crippen molar-refractivity contribution in [2.45, 2.75) is 250 Å². The van der Waals surface area contributed by atoms with Gasteiger partial charge in [0.1, 0.15) is 6.04 Å². The Morgan fingerprint density at radius 3 is 1.10 bits per heavy atom. The number of nitrogens with one attached hydrogen (secondary N) is 2. The fraction of sp³-hybridized carbons (Fsp3) is 0.958. The van der Waals surface area contributed by atoms with Crippen LogP contribution in [0.3, 0.4) is 0 Å². The lowest BCUT2D eigenvalue weighted by Crippen LogP contribution is -2.50. The first kappa shape index (κ1) is 59.9. The van der Waals surface area contributed by atoms with E-state index in [2.05, 4.69) is 19.2 Å². The predicted octanol–water partition coefficient (Wildman–Crippen LogP) is 11.7. The second kappa shape index (κ2) is 47.9. The van der Waals surface area contributed by atoms with E-state index < -0.39 is 24.2 Å². The number of carbonyl (C=O) groups is 1. The molecule has 3 atom stereocenters. The topological polar surface area (TPSA) is 161 Å². The predicted molar refractivity (Wildman–Crippen MR) is 252 cm³/mol. The van der Waals surface area contributed by atoms with Crippen LogP contribution in [0.5, 0.6) is 0 Å². The highest BCUT2D eigenvalue weighted by Gasteiger charge is 2.29. The number of aliphatic hydroxyl groups is 2. The minimum Gasteiger partial charge on any atom is -0.480 e. The van der Waals surface area contributed by atoms with Gasteiger partial charge in [0.05, 0.1) is 25.4 Å². The molecule has 0 saturated carbocycles. The minimum atomic E-state index is -1.01. The quantitative estimate of drug-likeness (QED) is 0.0199. The van der Waals surface area contributed by atoms with Crippen LogP contribution in [0, 0.1) is 5.41 Å². The number of carboxylic acids is 1. The highest BCUT2D eigenvalue weighted by molar-refractivity contribution is 5.85. The molecule has 0 spiro atoms. The van der Waals surface area contributed by atoms with Crippen molar-refractivity contribution in [3.63, 3.8) is 0 Å². The summed E-state index contributed by atoms with van der Waals surface area (Å²) >= 11 is 0. The summed E-state index contributed by atoms with van der Waals surface area (Å²) in [5.74, 6) is -1.16. The lowest BCUT2D eigenvalue weighted by molar-refractivity contribution is -0.145. The first-order valence-corrected chi connectivity index (χ1v) is 24.9. The van der Waals surface area contributed by atoms with E-state index in [4.69, 9.17) is 20.6 Å². The molecule has 2 unspecified atom stereocenters. The lowest BCUT2D eigenvalue weighted by atomic mass is 10.0. The molecule has 0 aromatic heterocycles. The van der Waals surface area contributed by atoms with Crippen molar-refractivity contribution in [3.05, 3.63) is 0 Å². The van der Waals surface area contributed by atoms with E-state index in [1.807, 2.05) is 0 Å². The first-order valence-electron chi connectivity index (χ1n) is 24.9. The van der Waals surface area contributed by atoms with E-state index in [0.29, 0.717) is 26.2 Å². The number of aliphatic hydroxyl groups excluding tert-OH is 2. The van der Waals surface area contributed by atoms with E-state index in [0.717, 1.165) is 25.7 Å². The molecule has 0 aromatic rings. The Kier molecular flexibility index (Phi) is 48.6. The van der Waals surface area contributed by atoms with Gasteiger partial charge in [-0.25, -0.2) is 0 Å². The van der Waals surface area contributed by atoms with Gasteiger partial charge < -0.3 is 35.8 Å². The molecular weight excluding hydrogens is 764 g/mol. The third-order valence-corrected chi connectivity index (χ3v) is 11.5. The Morgan fingerprint density at radius 2 is 0.831 bits per heavy atom. The van der Waals surface area contributed by atoms with Gasteiger partial charge >= 0.3 is 5.97 Å². The fourth-order valence-electron chi connectivity index (χ4n) is 7.90. The van der Waals surface area contributed by atoms with Crippen molar-refractivity contribution >= 4 is 24.3 Å². The van der Waals surface area contributed by atoms with Crippen LogP contribution in [0.4, 0.5) is 0 Å². The summed E-state index contributed by atoms with van der Waals surface area (Å²) in [5.41, 5.74) is 5.39. The smallest absolute Gasteiger partial charge is 0.320 e. The number of guanidine groups is 1. The maximum atomic E-state index is 12.3. The Labute approximate surface area is 370 Å². The molecule has 0 heterocycles.